The number of methoxy groups -OCH3 is 1. The minimum absolute atomic E-state index is 0.0135. The Hall–Kier alpha value is -4.03. The van der Waals surface area contributed by atoms with Gasteiger partial charge in [0.2, 0.25) is 0 Å². The molecule has 0 saturated carbocycles. The molecule has 1 aliphatic heterocycles. The average molecular weight is 467 g/mol. The van der Waals surface area contributed by atoms with Gasteiger partial charge in [-0.1, -0.05) is 72.8 Å². The maximum absolute atomic E-state index is 13.5. The molecule has 1 aromatic heterocycles. The molecule has 176 valence electrons. The number of nitrogens with one attached hydrogen (secondary N) is 1. The van der Waals surface area contributed by atoms with E-state index in [2.05, 4.69) is 17.4 Å². The Morgan fingerprint density at radius 3 is 2.43 bits per heavy atom. The first-order valence-electron chi connectivity index (χ1n) is 11.8. The van der Waals surface area contributed by atoms with Gasteiger partial charge < -0.3 is 9.47 Å². The van der Waals surface area contributed by atoms with Crippen molar-refractivity contribution in [3.05, 3.63) is 108 Å². The number of benzene rings is 3. The molecule has 35 heavy (non-hydrogen) atoms. The number of hydrogen-bond donors (Lipinski definition) is 1. The van der Waals surface area contributed by atoms with Crippen molar-refractivity contribution >= 4 is 11.7 Å². The minimum Gasteiger partial charge on any atom is -0.491 e. The van der Waals surface area contributed by atoms with Crippen molar-refractivity contribution in [2.24, 2.45) is 0 Å². The zero-order valence-electron chi connectivity index (χ0n) is 19.7. The molecule has 1 N–H and O–H groups in total. The summed E-state index contributed by atoms with van der Waals surface area (Å²) in [6.45, 7) is 1.01. The predicted molar refractivity (Wildman–Crippen MR) is 135 cm³/mol. The van der Waals surface area contributed by atoms with Gasteiger partial charge in [0.05, 0.1) is 6.61 Å². The number of carbonyl (C=O) groups is 1. The fraction of sp³-hybridized carbons (Fsp3) is 0.207. The van der Waals surface area contributed by atoms with Crippen LogP contribution in [0, 0.1) is 0 Å². The Morgan fingerprint density at radius 2 is 1.66 bits per heavy atom. The lowest BCUT2D eigenvalue weighted by Gasteiger charge is -2.08. The number of carbonyl (C=O) groups excluding carboxylic acids is 1. The highest BCUT2D eigenvalue weighted by atomic mass is 16.5. The first-order valence-corrected chi connectivity index (χ1v) is 11.8. The summed E-state index contributed by atoms with van der Waals surface area (Å²) >= 11 is 0. The Morgan fingerprint density at radius 1 is 0.914 bits per heavy atom. The molecule has 6 nitrogen and oxygen atoms in total. The van der Waals surface area contributed by atoms with Crippen LogP contribution in [0.25, 0.3) is 11.3 Å². The highest BCUT2D eigenvalue weighted by molar-refractivity contribution is 5.82. The predicted octanol–water partition coefficient (Wildman–Crippen LogP) is 4.33. The summed E-state index contributed by atoms with van der Waals surface area (Å²) in [5.74, 6) is 1.54. The van der Waals surface area contributed by atoms with E-state index in [0.717, 1.165) is 39.6 Å². The number of fused-ring (bicyclic) bond motifs is 1. The molecule has 0 aliphatic carbocycles. The van der Waals surface area contributed by atoms with Crippen LogP contribution >= 0.6 is 0 Å². The van der Waals surface area contributed by atoms with E-state index in [-0.39, 0.29) is 11.9 Å². The van der Waals surface area contributed by atoms with Gasteiger partial charge in [-0.2, -0.15) is 4.57 Å². The molecular formula is C29H28N3O3+. The normalized spacial score (nSPS) is 14.4. The van der Waals surface area contributed by atoms with Crippen molar-refractivity contribution in [2.45, 2.75) is 18.9 Å². The molecule has 0 fully saturated rings. The van der Waals surface area contributed by atoms with Crippen LogP contribution in [0.3, 0.4) is 0 Å². The van der Waals surface area contributed by atoms with E-state index in [0.29, 0.717) is 26.1 Å². The highest BCUT2D eigenvalue weighted by Gasteiger charge is 2.41. The summed E-state index contributed by atoms with van der Waals surface area (Å²) < 4.78 is 12.5. The number of anilines is 1. The third kappa shape index (κ3) is 5.23. The van der Waals surface area contributed by atoms with Crippen LogP contribution in [0.15, 0.2) is 91.1 Å². The third-order valence-electron chi connectivity index (χ3n) is 6.05. The maximum atomic E-state index is 13.5. The second kappa shape index (κ2) is 10.5. The smallest absolute Gasteiger partial charge is 0.359 e. The van der Waals surface area contributed by atoms with Gasteiger partial charge in [-0.3, -0.25) is 5.32 Å². The van der Waals surface area contributed by atoms with E-state index in [1.165, 1.54) is 0 Å². The summed E-state index contributed by atoms with van der Waals surface area (Å²) in [4.78, 5) is 18.5. The second-order valence-electron chi connectivity index (χ2n) is 8.55. The fourth-order valence-corrected chi connectivity index (χ4v) is 4.31. The van der Waals surface area contributed by atoms with Gasteiger partial charge >= 0.3 is 11.7 Å². The van der Waals surface area contributed by atoms with Crippen LogP contribution in [0.1, 0.15) is 21.6 Å². The van der Waals surface area contributed by atoms with E-state index in [1.54, 1.807) is 11.7 Å². The molecule has 4 aromatic rings. The number of ether oxygens (including phenoxy) is 2. The summed E-state index contributed by atoms with van der Waals surface area (Å²) in [5, 5.41) is 3.46. The Balaban J connectivity index is 1.44. The van der Waals surface area contributed by atoms with E-state index < -0.39 is 0 Å². The largest absolute Gasteiger partial charge is 0.491 e. The molecule has 5 rings (SSSR count). The molecule has 1 atom stereocenters. The molecule has 0 bridgehead atoms. The van der Waals surface area contributed by atoms with Crippen LogP contribution < -0.4 is 14.6 Å². The van der Waals surface area contributed by atoms with Gasteiger partial charge in [0, 0.05) is 25.5 Å². The van der Waals surface area contributed by atoms with Crippen molar-refractivity contribution in [3.63, 3.8) is 0 Å². The number of nitrogens with zero attached hydrogens (tertiary/aromatic N) is 2. The quantitative estimate of drug-likeness (QED) is 0.294. The van der Waals surface area contributed by atoms with E-state index in [4.69, 9.17) is 14.5 Å². The lowest BCUT2D eigenvalue weighted by molar-refractivity contribution is -0.552. The standard InChI is InChI=1S/C29H27N3O3/c1-34-15-16-35-24-14-8-11-22(17-24)19-26-29(33)32-20-27(23-12-6-3-7-13-23)30-25(28(32)31-26)18-21-9-4-2-5-10-21/h2-14,17,20,26H,15-16,18-19H2,1H3/p+1. The summed E-state index contributed by atoms with van der Waals surface area (Å²) in [6.07, 6.45) is 3.03. The van der Waals surface area contributed by atoms with Crippen molar-refractivity contribution < 1.29 is 18.8 Å². The molecule has 1 aliphatic rings. The molecule has 6 heteroatoms. The topological polar surface area (TPSA) is 64.3 Å². The van der Waals surface area contributed by atoms with Crippen LogP contribution in [0.4, 0.5) is 5.82 Å². The van der Waals surface area contributed by atoms with E-state index in [9.17, 15) is 4.79 Å². The zero-order chi connectivity index (χ0) is 24.0. The van der Waals surface area contributed by atoms with Gasteiger partial charge in [-0.15, -0.1) is 0 Å². The van der Waals surface area contributed by atoms with Crippen molar-refractivity contribution in [2.75, 3.05) is 25.6 Å². The zero-order valence-corrected chi connectivity index (χ0v) is 19.7. The molecule has 2 heterocycles. The molecule has 0 amide bonds. The summed E-state index contributed by atoms with van der Waals surface area (Å²) in [6, 6.07) is 27.7. The molecule has 1 unspecified atom stereocenters. The highest BCUT2D eigenvalue weighted by Crippen LogP contribution is 2.25. The minimum atomic E-state index is -0.383. The van der Waals surface area contributed by atoms with Crippen LogP contribution in [0.2, 0.25) is 0 Å². The third-order valence-corrected chi connectivity index (χ3v) is 6.05. The van der Waals surface area contributed by atoms with Gasteiger partial charge in [0.25, 0.3) is 0 Å². The SMILES string of the molecule is COCCOc1cccc(CC2Nc3c(Cc4ccccc4)nc(-c4ccccc4)c[n+]3C2=O)c1. The molecular weight excluding hydrogens is 438 g/mol. The Bertz CT molecular complexity index is 1310. The summed E-state index contributed by atoms with van der Waals surface area (Å²) in [7, 11) is 1.65. The van der Waals surface area contributed by atoms with Crippen molar-refractivity contribution in [1.82, 2.24) is 4.98 Å². The van der Waals surface area contributed by atoms with Crippen molar-refractivity contribution in [1.29, 1.82) is 0 Å². The molecule has 0 saturated heterocycles. The van der Waals surface area contributed by atoms with Gasteiger partial charge in [-0.05, 0) is 23.3 Å². The van der Waals surface area contributed by atoms with Gasteiger partial charge in [-0.25, -0.2) is 9.78 Å². The molecule has 3 aromatic carbocycles. The van der Waals surface area contributed by atoms with Crippen molar-refractivity contribution in [3.8, 4) is 17.0 Å². The van der Waals surface area contributed by atoms with Crippen LogP contribution in [0.5, 0.6) is 5.75 Å². The summed E-state index contributed by atoms with van der Waals surface area (Å²) in [5.41, 5.74) is 4.79. The number of aromatic nitrogens is 2. The maximum Gasteiger partial charge on any atom is 0.359 e. The lowest BCUT2D eigenvalue weighted by atomic mass is 10.1. The van der Waals surface area contributed by atoms with E-state index in [1.807, 2.05) is 79.0 Å². The first kappa shape index (κ1) is 22.7. The second-order valence-corrected chi connectivity index (χ2v) is 8.55. The molecule has 0 radical (unpaired) electrons. The average Bonchev–Trinajstić information content (AvgIpc) is 3.21. The molecule has 0 spiro atoms. The fourth-order valence-electron chi connectivity index (χ4n) is 4.31. The van der Waals surface area contributed by atoms with Crippen LogP contribution in [-0.2, 0) is 17.6 Å². The Labute approximate surface area is 205 Å². The van der Waals surface area contributed by atoms with Crippen LogP contribution in [-0.4, -0.2) is 37.3 Å². The number of hydrogen-bond acceptors (Lipinski definition) is 5. The van der Waals surface area contributed by atoms with Gasteiger partial charge in [0.1, 0.15) is 29.9 Å². The first-order chi connectivity index (χ1) is 17.2. The lowest BCUT2D eigenvalue weighted by Crippen LogP contribution is -2.44. The van der Waals surface area contributed by atoms with E-state index >= 15 is 0 Å². The number of rotatable bonds is 9. The van der Waals surface area contributed by atoms with Gasteiger partial charge in [0.15, 0.2) is 6.04 Å². The monoisotopic (exact) mass is 466 g/mol. The Kier molecular flexibility index (Phi) is 6.82.